The molecule has 0 aliphatic rings. The van der Waals surface area contributed by atoms with E-state index >= 15 is 0 Å². The van der Waals surface area contributed by atoms with Gasteiger partial charge in [-0.2, -0.15) is 9.98 Å². The summed E-state index contributed by atoms with van der Waals surface area (Å²) in [4.78, 5) is 10.9. The van der Waals surface area contributed by atoms with Crippen molar-refractivity contribution in [3.8, 4) is 6.07 Å². The molecule has 6 nitrogen and oxygen atoms in total. The first-order valence-electron chi connectivity index (χ1n) is 5.64. The fraction of sp³-hybridized carbons (Fsp3) is 0.333. The molecule has 1 rings (SSSR count). The van der Waals surface area contributed by atoms with Gasteiger partial charge in [0.1, 0.15) is 12.1 Å². The molecule has 1 atom stereocenters. The summed E-state index contributed by atoms with van der Waals surface area (Å²) in [7, 11) is -3.97. The first kappa shape index (κ1) is 16.6. The Morgan fingerprint density at radius 1 is 1.45 bits per heavy atom. The fourth-order valence-corrected chi connectivity index (χ4v) is 3.44. The third kappa shape index (κ3) is 3.79. The van der Waals surface area contributed by atoms with E-state index in [0.29, 0.717) is 10.0 Å². The Hall–Kier alpha value is -1.43. The van der Waals surface area contributed by atoms with Gasteiger partial charge in [0.2, 0.25) is 10.0 Å². The SMILES string of the molecule is CC(C)C(NS(=O)(=O)c1ccc(C#N)c(Br)c1)C(=O)O. The van der Waals surface area contributed by atoms with Gasteiger partial charge in [-0.15, -0.1) is 0 Å². The largest absolute Gasteiger partial charge is 0.480 e. The summed E-state index contributed by atoms with van der Waals surface area (Å²) >= 11 is 3.09. The Labute approximate surface area is 125 Å². The predicted molar refractivity (Wildman–Crippen MR) is 75.4 cm³/mol. The van der Waals surface area contributed by atoms with Crippen LogP contribution in [0, 0.1) is 17.2 Å². The lowest BCUT2D eigenvalue weighted by Crippen LogP contribution is -2.44. The average molecular weight is 361 g/mol. The van der Waals surface area contributed by atoms with Crippen LogP contribution in [-0.2, 0) is 14.8 Å². The van der Waals surface area contributed by atoms with Gasteiger partial charge in [0.05, 0.1) is 10.5 Å². The zero-order chi connectivity index (χ0) is 15.5. The highest BCUT2D eigenvalue weighted by Gasteiger charge is 2.28. The molecule has 0 saturated heterocycles. The number of benzene rings is 1. The number of hydrogen-bond acceptors (Lipinski definition) is 4. The van der Waals surface area contributed by atoms with E-state index in [0.717, 1.165) is 0 Å². The smallest absolute Gasteiger partial charge is 0.322 e. The summed E-state index contributed by atoms with van der Waals surface area (Å²) in [5, 5.41) is 17.8. The Kier molecular flexibility index (Phi) is 5.28. The van der Waals surface area contributed by atoms with Gasteiger partial charge in [-0.1, -0.05) is 13.8 Å². The molecule has 0 amide bonds. The maximum Gasteiger partial charge on any atom is 0.322 e. The number of hydrogen-bond donors (Lipinski definition) is 2. The Balaban J connectivity index is 3.15. The lowest BCUT2D eigenvalue weighted by molar-refractivity contribution is -0.140. The second-order valence-electron chi connectivity index (χ2n) is 4.43. The first-order valence-corrected chi connectivity index (χ1v) is 7.91. The normalized spacial score (nSPS) is 12.9. The molecule has 0 aliphatic heterocycles. The van der Waals surface area contributed by atoms with E-state index in [1.807, 2.05) is 6.07 Å². The quantitative estimate of drug-likeness (QED) is 0.830. The second kappa shape index (κ2) is 6.35. The van der Waals surface area contributed by atoms with Crippen molar-refractivity contribution in [3.63, 3.8) is 0 Å². The summed E-state index contributed by atoms with van der Waals surface area (Å²) in [6.45, 7) is 3.21. The van der Waals surface area contributed by atoms with Gasteiger partial charge in [-0.25, -0.2) is 8.42 Å². The molecule has 0 aromatic heterocycles. The monoisotopic (exact) mass is 360 g/mol. The van der Waals surface area contributed by atoms with Gasteiger partial charge < -0.3 is 5.11 Å². The first-order chi connectivity index (χ1) is 9.19. The van der Waals surface area contributed by atoms with Gasteiger partial charge in [0.25, 0.3) is 0 Å². The van der Waals surface area contributed by atoms with Crippen LogP contribution in [-0.4, -0.2) is 25.5 Å². The number of carbonyl (C=O) groups is 1. The minimum absolute atomic E-state index is 0.102. The third-order valence-electron chi connectivity index (χ3n) is 2.59. The molecule has 0 bridgehead atoms. The Morgan fingerprint density at radius 3 is 2.45 bits per heavy atom. The molecule has 0 radical (unpaired) electrons. The van der Waals surface area contributed by atoms with Crippen molar-refractivity contribution in [2.45, 2.75) is 24.8 Å². The number of carboxylic acids is 1. The number of halogens is 1. The molecule has 0 saturated carbocycles. The average Bonchev–Trinajstić information content (AvgIpc) is 2.35. The molecule has 108 valence electrons. The summed E-state index contributed by atoms with van der Waals surface area (Å²) in [6.07, 6.45) is 0. The van der Waals surface area contributed by atoms with Gasteiger partial charge >= 0.3 is 5.97 Å². The van der Waals surface area contributed by atoms with Crippen molar-refractivity contribution in [2.24, 2.45) is 5.92 Å². The zero-order valence-corrected chi connectivity index (χ0v) is 13.2. The van der Waals surface area contributed by atoms with Crippen LogP contribution >= 0.6 is 15.9 Å². The van der Waals surface area contributed by atoms with Crippen LogP contribution in [0.4, 0.5) is 0 Å². The van der Waals surface area contributed by atoms with E-state index in [-0.39, 0.29) is 4.90 Å². The van der Waals surface area contributed by atoms with Crippen molar-refractivity contribution >= 4 is 31.9 Å². The lowest BCUT2D eigenvalue weighted by Gasteiger charge is -2.18. The van der Waals surface area contributed by atoms with E-state index in [4.69, 9.17) is 10.4 Å². The number of nitrogens with zero attached hydrogens (tertiary/aromatic N) is 1. The highest BCUT2D eigenvalue weighted by molar-refractivity contribution is 9.10. The van der Waals surface area contributed by atoms with Crippen LogP contribution in [0.5, 0.6) is 0 Å². The van der Waals surface area contributed by atoms with E-state index in [2.05, 4.69) is 20.7 Å². The van der Waals surface area contributed by atoms with Crippen molar-refractivity contribution in [3.05, 3.63) is 28.2 Å². The Morgan fingerprint density at radius 2 is 2.05 bits per heavy atom. The third-order valence-corrected chi connectivity index (χ3v) is 4.68. The van der Waals surface area contributed by atoms with Crippen molar-refractivity contribution in [2.75, 3.05) is 0 Å². The molecular formula is C12H13BrN2O4S. The molecule has 0 spiro atoms. The minimum Gasteiger partial charge on any atom is -0.480 e. The van der Waals surface area contributed by atoms with Crippen molar-refractivity contribution in [1.82, 2.24) is 4.72 Å². The standard InChI is InChI=1S/C12H13BrN2O4S/c1-7(2)11(12(16)17)15-20(18,19)9-4-3-8(6-14)10(13)5-9/h3-5,7,11,15H,1-2H3,(H,16,17). The van der Waals surface area contributed by atoms with Crippen LogP contribution in [0.25, 0.3) is 0 Å². The molecule has 0 heterocycles. The number of rotatable bonds is 5. The van der Waals surface area contributed by atoms with E-state index < -0.39 is 28.0 Å². The van der Waals surface area contributed by atoms with Crippen LogP contribution in [0.1, 0.15) is 19.4 Å². The molecule has 1 aromatic carbocycles. The second-order valence-corrected chi connectivity index (χ2v) is 7.00. The summed E-state index contributed by atoms with van der Waals surface area (Å²) < 4.78 is 26.7. The summed E-state index contributed by atoms with van der Waals surface area (Å²) in [5.41, 5.74) is 0.294. The number of nitriles is 1. The number of nitrogens with one attached hydrogen (secondary N) is 1. The maximum absolute atomic E-state index is 12.1. The van der Waals surface area contributed by atoms with E-state index in [9.17, 15) is 13.2 Å². The van der Waals surface area contributed by atoms with E-state index in [1.165, 1.54) is 18.2 Å². The molecule has 0 fully saturated rings. The number of carboxylic acid groups (broad SMARTS) is 1. The molecule has 2 N–H and O–H groups in total. The van der Waals surface area contributed by atoms with Crippen molar-refractivity contribution in [1.29, 1.82) is 5.26 Å². The van der Waals surface area contributed by atoms with Gasteiger partial charge in [-0.3, -0.25) is 4.79 Å². The van der Waals surface area contributed by atoms with Crippen LogP contribution in [0.3, 0.4) is 0 Å². The highest BCUT2D eigenvalue weighted by atomic mass is 79.9. The topological polar surface area (TPSA) is 107 Å². The zero-order valence-electron chi connectivity index (χ0n) is 10.8. The van der Waals surface area contributed by atoms with Crippen molar-refractivity contribution < 1.29 is 18.3 Å². The van der Waals surface area contributed by atoms with Gasteiger partial charge in [0, 0.05) is 4.47 Å². The number of aliphatic carboxylic acids is 1. The fourth-order valence-electron chi connectivity index (χ4n) is 1.46. The van der Waals surface area contributed by atoms with Gasteiger partial charge in [0.15, 0.2) is 0 Å². The minimum atomic E-state index is -3.97. The number of sulfonamides is 1. The summed E-state index contributed by atoms with van der Waals surface area (Å²) in [6, 6.07) is 4.55. The van der Waals surface area contributed by atoms with Crippen LogP contribution in [0.2, 0.25) is 0 Å². The van der Waals surface area contributed by atoms with E-state index in [1.54, 1.807) is 13.8 Å². The molecule has 1 unspecified atom stereocenters. The molecule has 20 heavy (non-hydrogen) atoms. The van der Waals surface area contributed by atoms with Crippen LogP contribution in [0.15, 0.2) is 27.6 Å². The van der Waals surface area contributed by atoms with Crippen LogP contribution < -0.4 is 4.72 Å². The predicted octanol–water partition coefficient (Wildman–Crippen LogP) is 1.71. The molecule has 1 aromatic rings. The maximum atomic E-state index is 12.1. The summed E-state index contributed by atoms with van der Waals surface area (Å²) in [5.74, 6) is -1.64. The Bertz CT molecular complexity index is 665. The molecule has 0 aliphatic carbocycles. The van der Waals surface area contributed by atoms with Gasteiger partial charge in [-0.05, 0) is 40.0 Å². The molecular weight excluding hydrogens is 348 g/mol. The molecule has 8 heteroatoms. The highest BCUT2D eigenvalue weighted by Crippen LogP contribution is 2.21. The lowest BCUT2D eigenvalue weighted by atomic mass is 10.1.